The summed E-state index contributed by atoms with van der Waals surface area (Å²) in [5, 5.41) is 0. The molecule has 0 aliphatic carbocycles. The van der Waals surface area contributed by atoms with Crippen LogP contribution in [0.5, 0.6) is 0 Å². The van der Waals surface area contributed by atoms with Crippen molar-refractivity contribution in [1.82, 2.24) is 0 Å². The van der Waals surface area contributed by atoms with E-state index >= 15 is 0 Å². The molecule has 0 aromatic rings. The average Bonchev–Trinajstić information content (AvgIpc) is 2.37. The number of carbonyl (C=O) groups is 4. The fourth-order valence-electron chi connectivity index (χ4n) is 0.800. The molecular weight excluding hydrogens is 256 g/mol. The minimum Gasteiger partial charge on any atom is -0.379 e. The summed E-state index contributed by atoms with van der Waals surface area (Å²) in [6, 6.07) is 0. The molecule has 0 heterocycles. The number of carbonyl (C=O) groups excluding carboxylic acids is 4. The summed E-state index contributed by atoms with van der Waals surface area (Å²) >= 11 is 0. The van der Waals surface area contributed by atoms with E-state index in [0.29, 0.717) is 18.2 Å². The molecule has 0 N–H and O–H groups in total. The Hall–Kier alpha value is -2.70. The van der Waals surface area contributed by atoms with Crippen LogP contribution < -0.4 is 0 Å². The van der Waals surface area contributed by atoms with Crippen LogP contribution in [0.4, 0.5) is 0 Å². The molecule has 0 atom stereocenters. The first-order chi connectivity index (χ1) is 8.81. The first-order valence-corrected chi connectivity index (χ1v) is 4.88. The lowest BCUT2D eigenvalue weighted by Gasteiger charge is -2.27. The SMILES string of the molecule is C=CC(=O)OC(OC(=O)C=C)(OC(=O)C=C)C(C)=O. The van der Waals surface area contributed by atoms with Crippen molar-refractivity contribution < 1.29 is 33.4 Å². The Labute approximate surface area is 109 Å². The average molecular weight is 268 g/mol. The number of hydrogen-bond donors (Lipinski definition) is 0. The van der Waals surface area contributed by atoms with Crippen molar-refractivity contribution in [2.45, 2.75) is 12.9 Å². The number of rotatable bonds is 7. The highest BCUT2D eigenvalue weighted by atomic mass is 16.9. The van der Waals surface area contributed by atoms with Crippen LogP contribution >= 0.6 is 0 Å². The Kier molecular flexibility index (Phi) is 5.92. The molecule has 102 valence electrons. The fraction of sp³-hybridized carbons (Fsp3) is 0.167. The molecular formula is C12H12O7. The van der Waals surface area contributed by atoms with Gasteiger partial charge < -0.3 is 14.2 Å². The van der Waals surface area contributed by atoms with E-state index in [1.54, 1.807) is 0 Å². The van der Waals surface area contributed by atoms with E-state index < -0.39 is 29.7 Å². The molecule has 0 aliphatic heterocycles. The van der Waals surface area contributed by atoms with Gasteiger partial charge in [-0.15, -0.1) is 0 Å². The maximum atomic E-state index is 11.5. The van der Waals surface area contributed by atoms with Crippen LogP contribution in [0.3, 0.4) is 0 Å². The third kappa shape index (κ3) is 4.58. The van der Waals surface area contributed by atoms with Crippen LogP contribution in [0.2, 0.25) is 0 Å². The van der Waals surface area contributed by atoms with E-state index in [0.717, 1.165) is 6.92 Å². The Bertz CT molecular complexity index is 392. The summed E-state index contributed by atoms with van der Waals surface area (Å²) in [6.45, 7) is 10.2. The van der Waals surface area contributed by atoms with Gasteiger partial charge >= 0.3 is 23.9 Å². The Balaban J connectivity index is 5.50. The van der Waals surface area contributed by atoms with E-state index in [-0.39, 0.29) is 0 Å². The Morgan fingerprint density at radius 2 is 1.05 bits per heavy atom. The van der Waals surface area contributed by atoms with Crippen LogP contribution in [-0.2, 0) is 33.4 Å². The van der Waals surface area contributed by atoms with E-state index in [4.69, 9.17) is 0 Å². The first-order valence-electron chi connectivity index (χ1n) is 4.88. The minimum absolute atomic E-state index is 0.696. The fourth-order valence-corrected chi connectivity index (χ4v) is 0.800. The second-order valence-corrected chi connectivity index (χ2v) is 2.99. The number of ketones is 1. The first kappa shape index (κ1) is 16.3. The van der Waals surface area contributed by atoms with Crippen molar-refractivity contribution in [2.24, 2.45) is 0 Å². The van der Waals surface area contributed by atoms with E-state index in [1.807, 2.05) is 0 Å². The van der Waals surface area contributed by atoms with Gasteiger partial charge in [0.25, 0.3) is 5.78 Å². The smallest absolute Gasteiger partial charge is 0.379 e. The lowest BCUT2D eigenvalue weighted by atomic mass is 10.3. The molecule has 0 spiro atoms. The van der Waals surface area contributed by atoms with Gasteiger partial charge in [0.1, 0.15) is 0 Å². The maximum absolute atomic E-state index is 11.5. The lowest BCUT2D eigenvalue weighted by molar-refractivity contribution is -0.304. The summed E-state index contributed by atoms with van der Waals surface area (Å²) in [5.41, 5.74) is 0. The van der Waals surface area contributed by atoms with Crippen LogP contribution in [0.25, 0.3) is 0 Å². The molecule has 0 fully saturated rings. The summed E-state index contributed by atoms with van der Waals surface area (Å²) in [4.78, 5) is 44.9. The van der Waals surface area contributed by atoms with E-state index in [9.17, 15) is 19.2 Å². The monoisotopic (exact) mass is 268 g/mol. The molecule has 0 aliphatic rings. The van der Waals surface area contributed by atoms with Gasteiger partial charge in [0.15, 0.2) is 0 Å². The third-order valence-corrected chi connectivity index (χ3v) is 1.64. The van der Waals surface area contributed by atoms with Gasteiger partial charge in [-0.2, -0.15) is 0 Å². The van der Waals surface area contributed by atoms with Crippen LogP contribution in [0.1, 0.15) is 6.92 Å². The standard InChI is InChI=1S/C12H12O7/c1-5-9(14)17-12(8(4)13,18-10(15)6-2)19-11(16)7-3/h5-7H,1-3H2,4H3. The zero-order valence-electron chi connectivity index (χ0n) is 10.2. The number of ether oxygens (including phenoxy) is 3. The largest absolute Gasteiger partial charge is 0.489 e. The van der Waals surface area contributed by atoms with Gasteiger partial charge in [-0.3, -0.25) is 4.79 Å². The maximum Gasteiger partial charge on any atom is 0.489 e. The summed E-state index contributed by atoms with van der Waals surface area (Å²) < 4.78 is 13.5. The quantitative estimate of drug-likeness (QED) is 0.375. The molecule has 0 radical (unpaired) electrons. The molecule has 0 saturated carbocycles. The van der Waals surface area contributed by atoms with Crippen LogP contribution in [0.15, 0.2) is 38.0 Å². The normalized spacial score (nSPS) is 9.74. The van der Waals surface area contributed by atoms with Gasteiger partial charge in [0.2, 0.25) is 0 Å². The predicted molar refractivity (Wildman–Crippen MR) is 62.3 cm³/mol. The molecule has 0 bridgehead atoms. The van der Waals surface area contributed by atoms with Crippen molar-refractivity contribution in [1.29, 1.82) is 0 Å². The number of Topliss-reactive ketones (excluding diaryl/α,β-unsaturated/α-hetero) is 1. The molecule has 7 nitrogen and oxygen atoms in total. The molecule has 0 rings (SSSR count). The van der Waals surface area contributed by atoms with Crippen molar-refractivity contribution in [2.75, 3.05) is 0 Å². The van der Waals surface area contributed by atoms with Crippen molar-refractivity contribution in [3.05, 3.63) is 38.0 Å². The van der Waals surface area contributed by atoms with Gasteiger partial charge in [-0.05, 0) is 0 Å². The molecule has 19 heavy (non-hydrogen) atoms. The summed E-state index contributed by atoms with van der Waals surface area (Å²) in [7, 11) is 0. The van der Waals surface area contributed by atoms with E-state index in [2.05, 4.69) is 33.9 Å². The van der Waals surface area contributed by atoms with Gasteiger partial charge in [0, 0.05) is 25.2 Å². The highest BCUT2D eigenvalue weighted by molar-refractivity contribution is 5.93. The van der Waals surface area contributed by atoms with Crippen LogP contribution in [-0.4, -0.2) is 29.7 Å². The lowest BCUT2D eigenvalue weighted by Crippen LogP contribution is -2.49. The van der Waals surface area contributed by atoms with Gasteiger partial charge in [-0.1, -0.05) is 19.7 Å². The second kappa shape index (κ2) is 6.90. The van der Waals surface area contributed by atoms with Gasteiger partial charge in [0.05, 0.1) is 0 Å². The highest BCUT2D eigenvalue weighted by Gasteiger charge is 2.48. The molecule has 0 saturated heterocycles. The minimum atomic E-state index is -2.83. The molecule has 0 amide bonds. The Morgan fingerprint density at radius 1 is 0.789 bits per heavy atom. The predicted octanol–water partition coefficient (Wildman–Crippen LogP) is 0.417. The van der Waals surface area contributed by atoms with Crippen molar-refractivity contribution in [3.63, 3.8) is 0 Å². The van der Waals surface area contributed by atoms with Crippen LogP contribution in [0, 0.1) is 0 Å². The van der Waals surface area contributed by atoms with Crippen molar-refractivity contribution in [3.8, 4) is 0 Å². The summed E-state index contributed by atoms with van der Waals surface area (Å²) in [5.74, 6) is -7.29. The third-order valence-electron chi connectivity index (χ3n) is 1.64. The molecule has 0 unspecified atom stereocenters. The topological polar surface area (TPSA) is 96.0 Å². The zero-order valence-corrected chi connectivity index (χ0v) is 10.2. The highest BCUT2D eigenvalue weighted by Crippen LogP contribution is 2.19. The summed E-state index contributed by atoms with van der Waals surface area (Å²) in [6.07, 6.45) is 2.09. The number of esters is 3. The van der Waals surface area contributed by atoms with E-state index in [1.165, 1.54) is 0 Å². The zero-order chi connectivity index (χ0) is 15.1. The Morgan fingerprint density at radius 3 is 1.21 bits per heavy atom. The second-order valence-electron chi connectivity index (χ2n) is 2.99. The molecule has 0 aromatic heterocycles. The number of hydrogen-bond acceptors (Lipinski definition) is 7. The van der Waals surface area contributed by atoms with Gasteiger partial charge in [-0.25, -0.2) is 14.4 Å². The molecule has 7 heteroatoms. The molecule has 0 aromatic carbocycles. The van der Waals surface area contributed by atoms with Crippen molar-refractivity contribution >= 4 is 23.7 Å².